The van der Waals surface area contributed by atoms with Crippen LogP contribution in [0.1, 0.15) is 12.8 Å². The van der Waals surface area contributed by atoms with E-state index < -0.39 is 17.7 Å². The number of nitrogens with one attached hydrogen (secondary N) is 2. The van der Waals surface area contributed by atoms with E-state index in [2.05, 4.69) is 15.6 Å². The lowest BCUT2D eigenvalue weighted by Gasteiger charge is -2.24. The first kappa shape index (κ1) is 21.7. The molecule has 0 spiro atoms. The van der Waals surface area contributed by atoms with Crippen molar-refractivity contribution in [3.8, 4) is 28.3 Å². The maximum Gasteiger partial charge on any atom is 0.242 e. The van der Waals surface area contributed by atoms with Gasteiger partial charge in [0.1, 0.15) is 34.8 Å². The molecule has 1 atom stereocenters. The predicted octanol–water partition coefficient (Wildman–Crippen LogP) is 4.34. The van der Waals surface area contributed by atoms with E-state index in [9.17, 15) is 13.6 Å². The fraction of sp³-hybridized carbons (Fsp3) is 0.200. The molecule has 172 valence electrons. The van der Waals surface area contributed by atoms with Crippen LogP contribution in [0.5, 0.6) is 5.75 Å². The van der Waals surface area contributed by atoms with Crippen molar-refractivity contribution in [2.75, 3.05) is 19.0 Å². The third-order valence-corrected chi connectivity index (χ3v) is 5.70. The molecule has 3 heterocycles. The minimum Gasteiger partial charge on any atom is -0.494 e. The van der Waals surface area contributed by atoms with Crippen molar-refractivity contribution in [1.82, 2.24) is 20.3 Å². The molecule has 0 aliphatic carbocycles. The molecule has 0 saturated carbocycles. The Morgan fingerprint density at radius 3 is 2.56 bits per heavy atom. The van der Waals surface area contributed by atoms with Crippen LogP contribution in [0.2, 0.25) is 0 Å². The normalized spacial score (nSPS) is 15.7. The molecule has 1 aliphatic heterocycles. The maximum absolute atomic E-state index is 13.9. The summed E-state index contributed by atoms with van der Waals surface area (Å²) >= 11 is 0. The topological polar surface area (TPSA) is 89.0 Å². The number of nitrogens with zero attached hydrogens (tertiary/aromatic N) is 3. The van der Waals surface area contributed by atoms with Crippen molar-refractivity contribution < 1.29 is 18.3 Å². The number of pyridine rings is 1. The van der Waals surface area contributed by atoms with Crippen LogP contribution in [0.3, 0.4) is 0 Å². The van der Waals surface area contributed by atoms with Crippen LogP contribution in [0.25, 0.3) is 33.4 Å². The number of fused-ring (bicyclic) bond motifs is 1. The molecule has 4 aromatic rings. The number of benzene rings is 2. The van der Waals surface area contributed by atoms with Crippen LogP contribution in [0.15, 0.2) is 54.9 Å². The summed E-state index contributed by atoms with van der Waals surface area (Å²) in [5.74, 6) is -0.258. The lowest BCUT2D eigenvalue weighted by Crippen LogP contribution is -2.44. The molecule has 1 amide bonds. The van der Waals surface area contributed by atoms with Crippen LogP contribution in [-0.2, 0) is 4.79 Å². The second-order valence-corrected chi connectivity index (χ2v) is 8.00. The number of aromatic nitrogens is 3. The number of carbonyl (C=O) groups is 1. The van der Waals surface area contributed by atoms with Crippen molar-refractivity contribution in [2.24, 2.45) is 0 Å². The van der Waals surface area contributed by atoms with Gasteiger partial charge in [-0.2, -0.15) is 0 Å². The first-order valence-corrected chi connectivity index (χ1v) is 10.8. The van der Waals surface area contributed by atoms with E-state index in [1.165, 1.54) is 19.2 Å². The second kappa shape index (κ2) is 9.01. The molecule has 2 aromatic heterocycles. The predicted molar refractivity (Wildman–Crippen MR) is 124 cm³/mol. The highest BCUT2D eigenvalue weighted by Crippen LogP contribution is 2.36. The van der Waals surface area contributed by atoms with Crippen LogP contribution in [0.4, 0.5) is 14.6 Å². The molecule has 1 fully saturated rings. The molecule has 34 heavy (non-hydrogen) atoms. The van der Waals surface area contributed by atoms with Gasteiger partial charge in [-0.25, -0.2) is 18.7 Å². The molecule has 1 aliphatic rings. The number of methoxy groups -OCH3 is 1. The third-order valence-electron chi connectivity index (χ3n) is 5.70. The Balaban J connectivity index is 1.73. The van der Waals surface area contributed by atoms with E-state index in [-0.39, 0.29) is 5.91 Å². The standard InChI is InChI=1S/C25H21F2N5O2/c1-34-21-11-16(15-8-17(26)12-18(27)9-15)10-19-22(21)31-23(14-4-2-6-28-13-14)32-24(19)30-20-5-3-7-29-25(20)33/h2,4,6,8-13,20H,3,5,7H2,1H3,(H,29,33)(H,30,31,32). The van der Waals surface area contributed by atoms with Gasteiger partial charge in [0, 0.05) is 36.0 Å². The number of halogens is 2. The molecular weight excluding hydrogens is 440 g/mol. The minimum absolute atomic E-state index is 0.115. The summed E-state index contributed by atoms with van der Waals surface area (Å²) in [7, 11) is 1.50. The van der Waals surface area contributed by atoms with Crippen molar-refractivity contribution in [3.05, 3.63) is 66.5 Å². The van der Waals surface area contributed by atoms with Crippen molar-refractivity contribution in [1.29, 1.82) is 0 Å². The Morgan fingerprint density at radius 1 is 1.06 bits per heavy atom. The van der Waals surface area contributed by atoms with Crippen LogP contribution >= 0.6 is 0 Å². The van der Waals surface area contributed by atoms with Gasteiger partial charge < -0.3 is 15.4 Å². The molecule has 1 saturated heterocycles. The number of rotatable bonds is 5. The summed E-state index contributed by atoms with van der Waals surface area (Å²) in [4.78, 5) is 26.0. The monoisotopic (exact) mass is 461 g/mol. The molecule has 0 radical (unpaired) electrons. The van der Waals surface area contributed by atoms with Gasteiger partial charge in [-0.15, -0.1) is 0 Å². The zero-order valence-electron chi connectivity index (χ0n) is 18.3. The van der Waals surface area contributed by atoms with Gasteiger partial charge >= 0.3 is 0 Å². The van der Waals surface area contributed by atoms with Gasteiger partial charge in [0.2, 0.25) is 5.91 Å². The highest BCUT2D eigenvalue weighted by molar-refractivity contribution is 5.99. The quantitative estimate of drug-likeness (QED) is 0.460. The average molecular weight is 461 g/mol. The summed E-state index contributed by atoms with van der Waals surface area (Å²) in [6.07, 6.45) is 4.78. The number of ether oxygens (including phenoxy) is 1. The fourth-order valence-corrected chi connectivity index (χ4v) is 4.05. The van der Waals surface area contributed by atoms with Crippen LogP contribution in [-0.4, -0.2) is 40.6 Å². The average Bonchev–Trinajstić information content (AvgIpc) is 2.84. The van der Waals surface area contributed by atoms with Gasteiger partial charge in [0.25, 0.3) is 0 Å². The summed E-state index contributed by atoms with van der Waals surface area (Å²) in [6, 6.07) is 9.86. The van der Waals surface area contributed by atoms with Gasteiger partial charge in [0.15, 0.2) is 5.82 Å². The van der Waals surface area contributed by atoms with Gasteiger partial charge in [-0.05, 0) is 60.4 Å². The summed E-state index contributed by atoms with van der Waals surface area (Å²) in [5, 5.41) is 6.67. The minimum atomic E-state index is -0.686. The first-order valence-electron chi connectivity index (χ1n) is 10.8. The van der Waals surface area contributed by atoms with Gasteiger partial charge in [-0.1, -0.05) is 0 Å². The molecule has 7 nitrogen and oxygen atoms in total. The Bertz CT molecular complexity index is 1360. The van der Waals surface area contributed by atoms with E-state index in [0.717, 1.165) is 12.5 Å². The molecule has 2 aromatic carbocycles. The van der Waals surface area contributed by atoms with Crippen molar-refractivity contribution >= 4 is 22.6 Å². The molecule has 5 rings (SSSR count). The Labute approximate surface area is 194 Å². The molecule has 2 N–H and O–H groups in total. The van der Waals surface area contributed by atoms with E-state index in [0.29, 0.717) is 58.0 Å². The number of hydrogen-bond acceptors (Lipinski definition) is 6. The Kier molecular flexibility index (Phi) is 5.75. The van der Waals surface area contributed by atoms with Crippen molar-refractivity contribution in [3.63, 3.8) is 0 Å². The summed E-state index contributed by atoms with van der Waals surface area (Å²) < 4.78 is 33.5. The first-order chi connectivity index (χ1) is 16.5. The second-order valence-electron chi connectivity index (χ2n) is 8.00. The van der Waals surface area contributed by atoms with Gasteiger partial charge in [-0.3, -0.25) is 9.78 Å². The Hall–Kier alpha value is -4.14. The number of piperidine rings is 1. The maximum atomic E-state index is 13.9. The highest BCUT2D eigenvalue weighted by atomic mass is 19.1. The number of carbonyl (C=O) groups excluding carboxylic acids is 1. The number of amides is 1. The Morgan fingerprint density at radius 2 is 1.85 bits per heavy atom. The zero-order valence-corrected chi connectivity index (χ0v) is 18.3. The molecule has 9 heteroatoms. The third kappa shape index (κ3) is 4.24. The number of hydrogen-bond donors (Lipinski definition) is 2. The lowest BCUT2D eigenvalue weighted by molar-refractivity contribution is -0.123. The summed E-state index contributed by atoms with van der Waals surface area (Å²) in [6.45, 7) is 0.631. The van der Waals surface area contributed by atoms with Crippen molar-refractivity contribution in [2.45, 2.75) is 18.9 Å². The smallest absolute Gasteiger partial charge is 0.242 e. The zero-order chi connectivity index (χ0) is 23.7. The fourth-order valence-electron chi connectivity index (χ4n) is 4.05. The molecular formula is C25H21F2N5O2. The van der Waals surface area contributed by atoms with E-state index in [1.54, 1.807) is 30.6 Å². The SMILES string of the molecule is COc1cc(-c2cc(F)cc(F)c2)cc2c(NC3CCCNC3=O)nc(-c3cccnc3)nc12. The van der Waals surface area contributed by atoms with Gasteiger partial charge in [0.05, 0.1) is 7.11 Å². The molecule has 0 bridgehead atoms. The highest BCUT2D eigenvalue weighted by Gasteiger charge is 2.24. The lowest BCUT2D eigenvalue weighted by atomic mass is 10.0. The summed E-state index contributed by atoms with van der Waals surface area (Å²) in [5.41, 5.74) is 2.06. The molecule has 1 unspecified atom stereocenters. The van der Waals surface area contributed by atoms with E-state index in [1.807, 2.05) is 6.07 Å². The number of anilines is 1. The largest absolute Gasteiger partial charge is 0.494 e. The van der Waals surface area contributed by atoms with E-state index in [4.69, 9.17) is 14.7 Å². The van der Waals surface area contributed by atoms with Crippen LogP contribution in [0, 0.1) is 11.6 Å². The van der Waals surface area contributed by atoms with Crippen LogP contribution < -0.4 is 15.4 Å². The van der Waals surface area contributed by atoms with E-state index >= 15 is 0 Å².